The van der Waals surface area contributed by atoms with Crippen LogP contribution in [-0.4, -0.2) is 20.2 Å². The summed E-state index contributed by atoms with van der Waals surface area (Å²) in [5.41, 5.74) is 7.07. The second-order valence-electron chi connectivity index (χ2n) is 8.23. The van der Waals surface area contributed by atoms with Gasteiger partial charge in [0.2, 0.25) is 0 Å². The number of hydrogen-bond acceptors (Lipinski definition) is 6. The maximum Gasteiger partial charge on any atom is 0.263 e. The molecule has 0 unspecified atom stereocenters. The fourth-order valence-corrected chi connectivity index (χ4v) is 4.12. The number of nitrogens with one attached hydrogen (secondary N) is 2. The Morgan fingerprint density at radius 1 is 1.22 bits per heavy atom. The summed E-state index contributed by atoms with van der Waals surface area (Å²) in [6, 6.07) is 13.3. The number of aryl methyl sites for hydroxylation is 1. The summed E-state index contributed by atoms with van der Waals surface area (Å²) in [6.45, 7) is 8.66. The average molecular weight is 499 g/mol. The number of fused-ring (bicyclic) bond motifs is 1. The van der Waals surface area contributed by atoms with Crippen LogP contribution in [0.4, 0.5) is 20.4 Å². The number of rotatable bonds is 8. The zero-order valence-corrected chi connectivity index (χ0v) is 20.1. The molecule has 4 rings (SSSR count). The number of pyridine rings is 1. The normalized spacial score (nSPS) is 11.4. The fourth-order valence-electron chi connectivity index (χ4n) is 4.12. The predicted octanol–water partition coefficient (Wildman–Crippen LogP) is 5.39. The lowest BCUT2D eigenvalue weighted by atomic mass is 10.0. The number of para-hydroxylation sites is 1. The lowest BCUT2D eigenvalue weighted by Gasteiger charge is -2.18. The molecule has 9 heteroatoms. The lowest BCUT2D eigenvalue weighted by molar-refractivity contribution is 0.614. The third-order valence-corrected chi connectivity index (χ3v) is 5.81. The summed E-state index contributed by atoms with van der Waals surface area (Å²) in [6.07, 6.45) is 3.56. The average Bonchev–Trinajstić information content (AvgIpc) is 2.86. The maximum atomic E-state index is 14.9. The highest BCUT2D eigenvalue weighted by Crippen LogP contribution is 2.25. The molecule has 2 heterocycles. The first-order valence-electron chi connectivity index (χ1n) is 11.2. The summed E-state index contributed by atoms with van der Waals surface area (Å²) in [5.74, 6) is -1.16. The van der Waals surface area contributed by atoms with E-state index in [0.29, 0.717) is 16.5 Å². The number of benzene rings is 2. The van der Waals surface area contributed by atoms with Gasteiger partial charge >= 0.3 is 0 Å². The van der Waals surface area contributed by atoms with Gasteiger partial charge < -0.3 is 11.1 Å². The topological polar surface area (TPSA) is 110 Å². The second kappa shape index (κ2) is 10.4. The van der Waals surface area contributed by atoms with Crippen LogP contribution in [0.25, 0.3) is 16.5 Å². The van der Waals surface area contributed by atoms with Gasteiger partial charge in [-0.2, -0.15) is 0 Å². The van der Waals surface area contributed by atoms with Gasteiger partial charge in [0.05, 0.1) is 28.9 Å². The smallest absolute Gasteiger partial charge is 0.263 e. The summed E-state index contributed by atoms with van der Waals surface area (Å²) in [5, 5.41) is 12.8. The Morgan fingerprint density at radius 2 is 1.97 bits per heavy atom. The van der Waals surface area contributed by atoms with E-state index in [1.54, 1.807) is 18.2 Å². The number of nitrogens with two attached hydrogens (primary N) is 1. The quantitative estimate of drug-likeness (QED) is 0.223. The molecule has 4 N–H and O–H groups in total. The number of aromatic nitrogens is 3. The highest BCUT2D eigenvalue weighted by atomic mass is 19.1. The zero-order chi connectivity index (χ0) is 26.7. The van der Waals surface area contributed by atoms with Crippen molar-refractivity contribution in [3.63, 3.8) is 0 Å². The molecule has 2 aromatic heterocycles. The van der Waals surface area contributed by atoms with Crippen molar-refractivity contribution in [2.45, 2.75) is 13.5 Å². The van der Waals surface area contributed by atoms with Gasteiger partial charge in [0.15, 0.2) is 0 Å². The van der Waals surface area contributed by atoms with E-state index in [0.717, 1.165) is 11.6 Å². The Kier molecular flexibility index (Phi) is 7.06. The van der Waals surface area contributed by atoms with Crippen LogP contribution in [0.1, 0.15) is 16.8 Å². The van der Waals surface area contributed by atoms with Crippen molar-refractivity contribution in [3.8, 4) is 5.69 Å². The molecule has 2 aromatic carbocycles. The van der Waals surface area contributed by atoms with Crippen molar-refractivity contribution < 1.29 is 8.78 Å². The van der Waals surface area contributed by atoms with E-state index in [-0.39, 0.29) is 46.3 Å². The maximum absolute atomic E-state index is 14.9. The third-order valence-electron chi connectivity index (χ3n) is 5.81. The van der Waals surface area contributed by atoms with Gasteiger partial charge in [-0.15, -0.1) is 0 Å². The van der Waals surface area contributed by atoms with Gasteiger partial charge in [0, 0.05) is 11.3 Å². The van der Waals surface area contributed by atoms with Crippen LogP contribution in [0.2, 0.25) is 0 Å². The van der Waals surface area contributed by atoms with Crippen LogP contribution in [0.5, 0.6) is 0 Å². The lowest BCUT2D eigenvalue weighted by Crippen LogP contribution is -2.25. The van der Waals surface area contributed by atoms with Crippen molar-refractivity contribution in [2.75, 3.05) is 11.1 Å². The number of halogens is 2. The van der Waals surface area contributed by atoms with Gasteiger partial charge in [-0.05, 0) is 42.1 Å². The van der Waals surface area contributed by atoms with Crippen molar-refractivity contribution in [3.05, 3.63) is 125 Å². The van der Waals surface area contributed by atoms with E-state index in [9.17, 15) is 13.6 Å². The molecule has 0 saturated heterocycles. The van der Waals surface area contributed by atoms with Gasteiger partial charge in [-0.3, -0.25) is 14.8 Å². The summed E-state index contributed by atoms with van der Waals surface area (Å²) in [4.78, 5) is 21.8. The molecular formula is C28H24F2N6O. The predicted molar refractivity (Wildman–Crippen MR) is 143 cm³/mol. The van der Waals surface area contributed by atoms with Gasteiger partial charge in [0.25, 0.3) is 5.56 Å². The first-order chi connectivity index (χ1) is 17.7. The van der Waals surface area contributed by atoms with E-state index in [4.69, 9.17) is 11.1 Å². The standard InChI is InChI=1S/C28H24F2N6O/c1-4-18(12-17(3)29)25(31)24-26(32)34-15-35-27(24)33-14-20-13-19-9-7-8-16(2)23(19)28(37)36(20)22-11-6-5-10-21(22)30/h4-13,15,31H,1,3,14H2,2H3,(H3,32,33,34,35)/b18-12+,31-25?. The minimum absolute atomic E-state index is 0.0136. The van der Waals surface area contributed by atoms with Crippen LogP contribution in [0, 0.1) is 18.2 Å². The van der Waals surface area contributed by atoms with E-state index in [1.807, 2.05) is 25.1 Å². The summed E-state index contributed by atoms with van der Waals surface area (Å²) < 4.78 is 29.6. The molecule has 7 nitrogen and oxygen atoms in total. The van der Waals surface area contributed by atoms with Crippen LogP contribution in [0.3, 0.4) is 0 Å². The van der Waals surface area contributed by atoms with E-state index < -0.39 is 11.6 Å². The molecule has 0 radical (unpaired) electrons. The number of nitrogens with zero attached hydrogens (tertiary/aromatic N) is 3. The Bertz CT molecular complexity index is 1650. The van der Waals surface area contributed by atoms with Crippen LogP contribution < -0.4 is 16.6 Å². The van der Waals surface area contributed by atoms with Gasteiger partial charge in [-0.25, -0.2) is 18.7 Å². The summed E-state index contributed by atoms with van der Waals surface area (Å²) >= 11 is 0. The number of allylic oxidation sites excluding steroid dienone is 4. The van der Waals surface area contributed by atoms with Crippen LogP contribution in [-0.2, 0) is 6.54 Å². The molecule has 186 valence electrons. The monoisotopic (exact) mass is 498 g/mol. The van der Waals surface area contributed by atoms with E-state index in [2.05, 4.69) is 28.4 Å². The van der Waals surface area contributed by atoms with Crippen molar-refractivity contribution in [1.29, 1.82) is 5.41 Å². The zero-order valence-electron chi connectivity index (χ0n) is 20.1. The largest absolute Gasteiger partial charge is 0.383 e. The molecule has 0 amide bonds. The minimum atomic E-state index is -0.759. The Labute approximate surface area is 211 Å². The van der Waals surface area contributed by atoms with Crippen LogP contribution >= 0.6 is 0 Å². The van der Waals surface area contributed by atoms with E-state index >= 15 is 0 Å². The van der Waals surface area contributed by atoms with Crippen LogP contribution in [0.15, 0.2) is 96.4 Å². The molecular weight excluding hydrogens is 474 g/mol. The Hall–Kier alpha value is -4.92. The van der Waals surface area contributed by atoms with Crippen molar-refractivity contribution in [2.24, 2.45) is 0 Å². The van der Waals surface area contributed by atoms with Crippen molar-refractivity contribution >= 4 is 28.1 Å². The number of hydrogen-bond donors (Lipinski definition) is 3. The highest BCUT2D eigenvalue weighted by Gasteiger charge is 2.19. The van der Waals surface area contributed by atoms with E-state index in [1.165, 1.54) is 29.1 Å². The molecule has 37 heavy (non-hydrogen) atoms. The third kappa shape index (κ3) is 4.92. The summed E-state index contributed by atoms with van der Waals surface area (Å²) in [7, 11) is 0. The van der Waals surface area contributed by atoms with Crippen molar-refractivity contribution in [1.82, 2.24) is 14.5 Å². The molecule has 0 fully saturated rings. The molecule has 0 aliphatic rings. The molecule has 0 aliphatic heterocycles. The molecule has 0 aliphatic carbocycles. The fraction of sp³-hybridized carbons (Fsp3) is 0.0714. The minimum Gasteiger partial charge on any atom is -0.383 e. The first-order valence-corrected chi connectivity index (χ1v) is 11.2. The number of anilines is 2. The highest BCUT2D eigenvalue weighted by molar-refractivity contribution is 6.17. The van der Waals surface area contributed by atoms with Gasteiger partial charge in [-0.1, -0.05) is 49.6 Å². The molecule has 0 spiro atoms. The molecule has 0 atom stereocenters. The SMILES string of the molecule is C=C/C(=C\C(=C)F)C(=N)c1c(N)ncnc1NCc1cc2cccc(C)c2c(=O)n1-c1ccccc1F. The Morgan fingerprint density at radius 3 is 2.68 bits per heavy atom. The molecule has 0 bridgehead atoms. The van der Waals surface area contributed by atoms with Gasteiger partial charge in [0.1, 0.15) is 29.6 Å². The first kappa shape index (κ1) is 25.2. The second-order valence-corrected chi connectivity index (χ2v) is 8.23. The molecule has 4 aromatic rings. The molecule has 0 saturated carbocycles. The Balaban J connectivity index is 1.85. The number of nitrogen functional groups attached to an aromatic ring is 1.